The van der Waals surface area contributed by atoms with Gasteiger partial charge in [-0.25, -0.2) is 8.42 Å². The summed E-state index contributed by atoms with van der Waals surface area (Å²) < 4.78 is 23.4. The first-order chi connectivity index (χ1) is 7.02. The minimum Gasteiger partial charge on any atom is -0.508 e. The van der Waals surface area contributed by atoms with Gasteiger partial charge in [0.25, 0.3) is 0 Å². The molecule has 82 valence electrons. The van der Waals surface area contributed by atoms with Gasteiger partial charge in [-0.05, 0) is 31.0 Å². The number of phenols is 1. The number of sulfone groups is 1. The maximum Gasteiger partial charge on any atom is 0.185 e. The standard InChI is InChI=1S/C10H13NO3S/c11-7-10(4-5-10)15(13,14)9-3-1-2-8(12)6-9/h1-3,6,12H,4-5,7,11H2. The normalized spacial score (nSPS) is 18.7. The molecule has 1 aliphatic rings. The van der Waals surface area contributed by atoms with Crippen LogP contribution < -0.4 is 5.73 Å². The van der Waals surface area contributed by atoms with Crippen molar-refractivity contribution in [3.05, 3.63) is 24.3 Å². The molecule has 1 saturated carbocycles. The first kappa shape index (κ1) is 10.4. The topological polar surface area (TPSA) is 80.4 Å². The predicted molar refractivity (Wildman–Crippen MR) is 56.3 cm³/mol. The molecule has 0 aromatic heterocycles. The monoisotopic (exact) mass is 227 g/mol. The summed E-state index contributed by atoms with van der Waals surface area (Å²) in [6, 6.07) is 5.73. The Kier molecular flexibility index (Phi) is 2.24. The van der Waals surface area contributed by atoms with Gasteiger partial charge in [-0.15, -0.1) is 0 Å². The van der Waals surface area contributed by atoms with E-state index >= 15 is 0 Å². The molecule has 0 radical (unpaired) electrons. The van der Waals surface area contributed by atoms with E-state index in [1.807, 2.05) is 0 Å². The van der Waals surface area contributed by atoms with Gasteiger partial charge >= 0.3 is 0 Å². The number of benzene rings is 1. The summed E-state index contributed by atoms with van der Waals surface area (Å²) in [4.78, 5) is 0.158. The van der Waals surface area contributed by atoms with Crippen molar-refractivity contribution in [3.8, 4) is 5.75 Å². The molecule has 2 rings (SSSR count). The molecule has 0 amide bonds. The highest BCUT2D eigenvalue weighted by molar-refractivity contribution is 7.93. The average molecular weight is 227 g/mol. The molecule has 1 aliphatic carbocycles. The van der Waals surface area contributed by atoms with Crippen LogP contribution in [-0.2, 0) is 9.84 Å². The van der Waals surface area contributed by atoms with Crippen LogP contribution in [0, 0.1) is 0 Å². The van der Waals surface area contributed by atoms with Crippen molar-refractivity contribution < 1.29 is 13.5 Å². The van der Waals surface area contributed by atoms with Crippen LogP contribution in [0.25, 0.3) is 0 Å². The molecule has 4 nitrogen and oxygen atoms in total. The van der Waals surface area contributed by atoms with Crippen molar-refractivity contribution >= 4 is 9.84 Å². The highest BCUT2D eigenvalue weighted by Crippen LogP contribution is 2.46. The Balaban J connectivity index is 2.47. The van der Waals surface area contributed by atoms with Crippen molar-refractivity contribution in [2.24, 2.45) is 5.73 Å². The Morgan fingerprint density at radius 3 is 2.53 bits per heavy atom. The smallest absolute Gasteiger partial charge is 0.185 e. The van der Waals surface area contributed by atoms with E-state index in [-0.39, 0.29) is 17.2 Å². The van der Waals surface area contributed by atoms with Crippen LogP contribution in [-0.4, -0.2) is 24.8 Å². The van der Waals surface area contributed by atoms with Gasteiger partial charge in [-0.2, -0.15) is 0 Å². The van der Waals surface area contributed by atoms with E-state index in [9.17, 15) is 13.5 Å². The molecule has 5 heteroatoms. The molecular weight excluding hydrogens is 214 g/mol. The van der Waals surface area contributed by atoms with Crippen molar-refractivity contribution in [2.45, 2.75) is 22.5 Å². The van der Waals surface area contributed by atoms with Crippen LogP contribution >= 0.6 is 0 Å². The summed E-state index contributed by atoms with van der Waals surface area (Å²) in [5, 5.41) is 9.24. The summed E-state index contributed by atoms with van der Waals surface area (Å²) >= 11 is 0. The zero-order valence-electron chi connectivity index (χ0n) is 8.18. The molecule has 0 saturated heterocycles. The van der Waals surface area contributed by atoms with Gasteiger partial charge in [0.15, 0.2) is 9.84 Å². The van der Waals surface area contributed by atoms with E-state index in [0.717, 1.165) is 0 Å². The molecule has 0 spiro atoms. The van der Waals surface area contributed by atoms with Gasteiger partial charge in [0.1, 0.15) is 5.75 Å². The van der Waals surface area contributed by atoms with Crippen molar-refractivity contribution in [1.82, 2.24) is 0 Å². The van der Waals surface area contributed by atoms with Gasteiger partial charge in [0.05, 0.1) is 9.64 Å². The number of hydrogen-bond donors (Lipinski definition) is 2. The van der Waals surface area contributed by atoms with Crippen LogP contribution in [0.3, 0.4) is 0 Å². The van der Waals surface area contributed by atoms with Crippen LogP contribution in [0.5, 0.6) is 5.75 Å². The summed E-state index contributed by atoms with van der Waals surface area (Å²) in [7, 11) is -3.38. The quantitative estimate of drug-likeness (QED) is 0.794. The largest absolute Gasteiger partial charge is 0.508 e. The lowest BCUT2D eigenvalue weighted by Gasteiger charge is -2.13. The molecule has 15 heavy (non-hydrogen) atoms. The molecule has 0 unspecified atom stereocenters. The number of hydrogen-bond acceptors (Lipinski definition) is 4. The molecule has 0 atom stereocenters. The molecule has 0 heterocycles. The van der Waals surface area contributed by atoms with Crippen LogP contribution in [0.4, 0.5) is 0 Å². The minimum absolute atomic E-state index is 0.0381. The molecule has 1 fully saturated rings. The van der Waals surface area contributed by atoms with Gasteiger partial charge in [-0.3, -0.25) is 0 Å². The SMILES string of the molecule is NCC1(S(=O)(=O)c2cccc(O)c2)CC1. The maximum absolute atomic E-state index is 12.1. The van der Waals surface area contributed by atoms with E-state index in [2.05, 4.69) is 0 Å². The Morgan fingerprint density at radius 1 is 1.40 bits per heavy atom. The fourth-order valence-corrected chi connectivity index (χ4v) is 3.52. The fraction of sp³-hybridized carbons (Fsp3) is 0.400. The fourth-order valence-electron chi connectivity index (χ4n) is 1.62. The number of aromatic hydroxyl groups is 1. The highest BCUT2D eigenvalue weighted by Gasteiger charge is 2.53. The van der Waals surface area contributed by atoms with Crippen LogP contribution in [0.1, 0.15) is 12.8 Å². The number of rotatable bonds is 3. The summed E-state index contributed by atoms with van der Waals surface area (Å²) in [6.07, 6.45) is 1.23. The van der Waals surface area contributed by atoms with E-state index < -0.39 is 14.6 Å². The lowest BCUT2D eigenvalue weighted by molar-refractivity contribution is 0.473. The maximum atomic E-state index is 12.1. The Hall–Kier alpha value is -1.07. The van der Waals surface area contributed by atoms with Gasteiger partial charge in [0, 0.05) is 6.54 Å². The second-order valence-electron chi connectivity index (χ2n) is 3.89. The number of nitrogens with two attached hydrogens (primary N) is 1. The van der Waals surface area contributed by atoms with Crippen molar-refractivity contribution in [3.63, 3.8) is 0 Å². The second kappa shape index (κ2) is 3.21. The van der Waals surface area contributed by atoms with Crippen LogP contribution in [0.15, 0.2) is 29.2 Å². The lowest BCUT2D eigenvalue weighted by atomic mass is 10.3. The Labute approximate surface area is 88.6 Å². The van der Waals surface area contributed by atoms with Crippen LogP contribution in [0.2, 0.25) is 0 Å². The third kappa shape index (κ3) is 1.52. The third-order valence-corrected chi connectivity index (χ3v) is 5.47. The molecular formula is C10H13NO3S. The minimum atomic E-state index is -3.38. The Bertz CT molecular complexity index is 477. The van der Waals surface area contributed by atoms with Gasteiger partial charge in [-0.1, -0.05) is 6.07 Å². The Morgan fingerprint density at radius 2 is 2.07 bits per heavy atom. The average Bonchev–Trinajstić information content (AvgIpc) is 2.98. The lowest BCUT2D eigenvalue weighted by Crippen LogP contribution is -2.31. The van der Waals surface area contributed by atoms with Gasteiger partial charge in [0.2, 0.25) is 0 Å². The van der Waals surface area contributed by atoms with E-state index in [0.29, 0.717) is 12.8 Å². The molecule has 1 aromatic carbocycles. The number of phenolic OH excluding ortho intramolecular Hbond substituents is 1. The predicted octanol–water partition coefficient (Wildman–Crippen LogP) is 0.657. The summed E-state index contributed by atoms with van der Waals surface area (Å²) in [6.45, 7) is 0.144. The first-order valence-electron chi connectivity index (χ1n) is 4.76. The first-order valence-corrected chi connectivity index (χ1v) is 6.24. The molecule has 3 N–H and O–H groups in total. The summed E-state index contributed by atoms with van der Waals surface area (Å²) in [5.41, 5.74) is 5.49. The van der Waals surface area contributed by atoms with Crippen molar-refractivity contribution in [1.29, 1.82) is 0 Å². The molecule has 0 aliphatic heterocycles. The van der Waals surface area contributed by atoms with E-state index in [1.165, 1.54) is 24.3 Å². The second-order valence-corrected chi connectivity index (χ2v) is 6.23. The third-order valence-electron chi connectivity index (χ3n) is 2.88. The molecule has 0 bridgehead atoms. The zero-order valence-corrected chi connectivity index (χ0v) is 9.00. The van der Waals surface area contributed by atoms with Gasteiger partial charge < -0.3 is 10.8 Å². The van der Waals surface area contributed by atoms with E-state index in [4.69, 9.17) is 5.73 Å². The zero-order chi connectivity index (χ0) is 11.1. The van der Waals surface area contributed by atoms with Crippen molar-refractivity contribution in [2.75, 3.05) is 6.54 Å². The highest BCUT2D eigenvalue weighted by atomic mass is 32.2. The molecule has 1 aromatic rings. The summed E-state index contributed by atoms with van der Waals surface area (Å²) in [5.74, 6) is -0.0381. The van der Waals surface area contributed by atoms with E-state index in [1.54, 1.807) is 0 Å².